The minimum absolute atomic E-state index is 0.143. The molecule has 6 nitrogen and oxygen atoms in total. The van der Waals surface area contributed by atoms with Crippen molar-refractivity contribution in [1.82, 2.24) is 9.88 Å². The number of carbonyl (C=O) groups is 2. The fourth-order valence-electron chi connectivity index (χ4n) is 4.25. The number of rotatable bonds is 6. The molecule has 2 amide bonds. The van der Waals surface area contributed by atoms with Crippen LogP contribution in [0, 0.1) is 25.2 Å². The molecule has 0 saturated heterocycles. The molecular formula is C28H25ClN4O2S. The number of fused-ring (bicyclic) bond motifs is 1. The highest BCUT2D eigenvalue weighted by Gasteiger charge is 2.26. The van der Waals surface area contributed by atoms with Crippen LogP contribution in [0.1, 0.15) is 50.6 Å². The van der Waals surface area contributed by atoms with Gasteiger partial charge in [-0.3, -0.25) is 9.59 Å². The van der Waals surface area contributed by atoms with Crippen LogP contribution in [0.3, 0.4) is 0 Å². The lowest BCUT2D eigenvalue weighted by molar-refractivity contribution is 0.0777. The third-order valence-corrected chi connectivity index (χ3v) is 7.66. The van der Waals surface area contributed by atoms with Gasteiger partial charge in [-0.15, -0.1) is 11.3 Å². The number of hydrogen-bond donors (Lipinski definition) is 1. The molecule has 4 aromatic rings. The molecular weight excluding hydrogens is 492 g/mol. The zero-order valence-electron chi connectivity index (χ0n) is 20.5. The Labute approximate surface area is 219 Å². The normalized spacial score (nSPS) is 10.8. The molecule has 0 saturated carbocycles. The van der Waals surface area contributed by atoms with Crippen LogP contribution in [0.5, 0.6) is 0 Å². The average Bonchev–Trinajstić information content (AvgIpc) is 3.19. The standard InChI is InChI=1S/C28H25ClN4O2S/c1-5-33(6-2)28(35)25-16(3)21(15-30)27(36-25)32-26(34)23-17(4)24(18-11-13-19(29)14-12-18)31-22-10-8-7-9-20(22)23/h7-14H,5-6H2,1-4H3,(H,32,34). The summed E-state index contributed by atoms with van der Waals surface area (Å²) in [6.45, 7) is 8.55. The maximum Gasteiger partial charge on any atom is 0.264 e. The molecule has 0 spiro atoms. The average molecular weight is 517 g/mol. The van der Waals surface area contributed by atoms with E-state index in [1.54, 1.807) is 24.0 Å². The molecule has 0 radical (unpaired) electrons. The molecule has 0 atom stereocenters. The zero-order chi connectivity index (χ0) is 26.0. The number of nitrogens with one attached hydrogen (secondary N) is 1. The van der Waals surface area contributed by atoms with E-state index in [9.17, 15) is 14.9 Å². The topological polar surface area (TPSA) is 86.1 Å². The van der Waals surface area contributed by atoms with Crippen molar-refractivity contribution >= 4 is 50.7 Å². The molecule has 8 heteroatoms. The lowest BCUT2D eigenvalue weighted by Crippen LogP contribution is -2.30. The maximum atomic E-state index is 13.7. The van der Waals surface area contributed by atoms with Gasteiger partial charge >= 0.3 is 0 Å². The number of hydrogen-bond acceptors (Lipinski definition) is 5. The predicted molar refractivity (Wildman–Crippen MR) is 146 cm³/mol. The second kappa shape index (κ2) is 10.5. The summed E-state index contributed by atoms with van der Waals surface area (Å²) in [4.78, 5) is 33.7. The second-order valence-electron chi connectivity index (χ2n) is 8.29. The van der Waals surface area contributed by atoms with E-state index >= 15 is 0 Å². The summed E-state index contributed by atoms with van der Waals surface area (Å²) in [6.07, 6.45) is 0. The number of halogens is 1. The molecule has 0 aliphatic carbocycles. The van der Waals surface area contributed by atoms with Gasteiger partial charge in [0.1, 0.15) is 11.1 Å². The van der Waals surface area contributed by atoms with Crippen LogP contribution < -0.4 is 5.32 Å². The van der Waals surface area contributed by atoms with Crippen molar-refractivity contribution in [2.75, 3.05) is 18.4 Å². The van der Waals surface area contributed by atoms with Crippen molar-refractivity contribution in [2.24, 2.45) is 0 Å². The first-order chi connectivity index (χ1) is 17.3. The van der Waals surface area contributed by atoms with Gasteiger partial charge in [0.25, 0.3) is 11.8 Å². The summed E-state index contributed by atoms with van der Waals surface area (Å²) < 4.78 is 0. The van der Waals surface area contributed by atoms with Gasteiger partial charge in [-0.1, -0.05) is 41.9 Å². The summed E-state index contributed by atoms with van der Waals surface area (Å²) >= 11 is 7.21. The highest BCUT2D eigenvalue weighted by atomic mass is 35.5. The number of para-hydroxylation sites is 1. The van der Waals surface area contributed by atoms with Gasteiger partial charge in [-0.05, 0) is 57.0 Å². The third-order valence-electron chi connectivity index (χ3n) is 6.21. The molecule has 2 heterocycles. The molecule has 2 aromatic carbocycles. The van der Waals surface area contributed by atoms with E-state index in [1.165, 1.54) is 0 Å². The van der Waals surface area contributed by atoms with Gasteiger partial charge in [-0.25, -0.2) is 4.98 Å². The number of nitriles is 1. The largest absolute Gasteiger partial charge is 0.338 e. The van der Waals surface area contributed by atoms with E-state index in [4.69, 9.17) is 16.6 Å². The summed E-state index contributed by atoms with van der Waals surface area (Å²) in [5.41, 5.74) is 4.25. The molecule has 182 valence electrons. The van der Waals surface area contributed by atoms with Crippen LogP contribution in [0.25, 0.3) is 22.2 Å². The fraction of sp³-hybridized carbons (Fsp3) is 0.214. The van der Waals surface area contributed by atoms with Crippen molar-refractivity contribution in [1.29, 1.82) is 5.26 Å². The molecule has 2 aromatic heterocycles. The number of amides is 2. The first kappa shape index (κ1) is 25.4. The second-order valence-corrected chi connectivity index (χ2v) is 9.75. The van der Waals surface area contributed by atoms with Gasteiger partial charge in [0.05, 0.1) is 27.2 Å². The van der Waals surface area contributed by atoms with E-state index in [0.717, 1.165) is 16.9 Å². The van der Waals surface area contributed by atoms with E-state index < -0.39 is 0 Å². The van der Waals surface area contributed by atoms with Gasteiger partial charge in [0.15, 0.2) is 0 Å². The Morgan fingerprint density at radius 1 is 1.06 bits per heavy atom. The Morgan fingerprint density at radius 3 is 2.36 bits per heavy atom. The quantitative estimate of drug-likeness (QED) is 0.304. The Kier molecular flexibility index (Phi) is 7.39. The number of thiophene rings is 1. The summed E-state index contributed by atoms with van der Waals surface area (Å²) in [5, 5.41) is 14.4. The van der Waals surface area contributed by atoms with Crippen LogP contribution in [-0.4, -0.2) is 34.8 Å². The van der Waals surface area contributed by atoms with Crippen LogP contribution in [0.2, 0.25) is 5.02 Å². The van der Waals surface area contributed by atoms with Crippen molar-refractivity contribution in [3.05, 3.63) is 80.7 Å². The molecule has 0 unspecified atom stereocenters. The molecule has 36 heavy (non-hydrogen) atoms. The van der Waals surface area contributed by atoms with Crippen LogP contribution in [-0.2, 0) is 0 Å². The third kappa shape index (κ3) is 4.58. The molecule has 0 bridgehead atoms. The summed E-state index contributed by atoms with van der Waals surface area (Å²) in [6, 6.07) is 16.9. The lowest BCUT2D eigenvalue weighted by Gasteiger charge is -2.17. The molecule has 4 rings (SSSR count). The van der Waals surface area contributed by atoms with Crippen molar-refractivity contribution in [3.8, 4) is 17.3 Å². The van der Waals surface area contributed by atoms with E-state index in [2.05, 4.69) is 11.4 Å². The minimum Gasteiger partial charge on any atom is -0.338 e. The van der Waals surface area contributed by atoms with Gasteiger partial charge < -0.3 is 10.2 Å². The molecule has 0 aliphatic rings. The van der Waals surface area contributed by atoms with E-state index in [0.29, 0.717) is 66.8 Å². The summed E-state index contributed by atoms with van der Waals surface area (Å²) in [5.74, 6) is -0.504. The Balaban J connectivity index is 1.82. The van der Waals surface area contributed by atoms with Crippen molar-refractivity contribution < 1.29 is 9.59 Å². The zero-order valence-corrected chi connectivity index (χ0v) is 22.0. The summed E-state index contributed by atoms with van der Waals surface area (Å²) in [7, 11) is 0. The predicted octanol–water partition coefficient (Wildman–Crippen LogP) is 6.84. The molecule has 0 fully saturated rings. The number of nitrogens with zero attached hydrogens (tertiary/aromatic N) is 3. The number of aromatic nitrogens is 1. The first-order valence-corrected chi connectivity index (χ1v) is 12.8. The first-order valence-electron chi connectivity index (χ1n) is 11.6. The van der Waals surface area contributed by atoms with E-state index in [-0.39, 0.29) is 11.8 Å². The van der Waals surface area contributed by atoms with Gasteiger partial charge in [0.2, 0.25) is 0 Å². The highest BCUT2D eigenvalue weighted by molar-refractivity contribution is 7.18. The van der Waals surface area contributed by atoms with Gasteiger partial charge in [0, 0.05) is 29.1 Å². The van der Waals surface area contributed by atoms with Crippen molar-refractivity contribution in [2.45, 2.75) is 27.7 Å². The number of benzene rings is 2. The molecule has 0 aliphatic heterocycles. The maximum absolute atomic E-state index is 13.7. The number of pyridine rings is 1. The monoisotopic (exact) mass is 516 g/mol. The van der Waals surface area contributed by atoms with E-state index in [1.807, 2.05) is 57.2 Å². The van der Waals surface area contributed by atoms with Crippen LogP contribution >= 0.6 is 22.9 Å². The minimum atomic E-state index is -0.360. The number of carbonyl (C=O) groups excluding carboxylic acids is 2. The fourth-order valence-corrected chi connectivity index (χ4v) is 5.50. The SMILES string of the molecule is CCN(CC)C(=O)c1sc(NC(=O)c2c(C)c(-c3ccc(Cl)cc3)nc3ccccc23)c(C#N)c1C. The Bertz CT molecular complexity index is 1520. The van der Waals surface area contributed by atoms with Crippen molar-refractivity contribution in [3.63, 3.8) is 0 Å². The van der Waals surface area contributed by atoms with Crippen LogP contribution in [0.4, 0.5) is 5.00 Å². The highest BCUT2D eigenvalue weighted by Crippen LogP contribution is 2.35. The van der Waals surface area contributed by atoms with Gasteiger partial charge in [-0.2, -0.15) is 5.26 Å². The smallest absolute Gasteiger partial charge is 0.264 e. The van der Waals surface area contributed by atoms with Crippen LogP contribution in [0.15, 0.2) is 48.5 Å². The molecule has 1 N–H and O–H groups in total. The lowest BCUT2D eigenvalue weighted by atomic mass is 9.97. The Morgan fingerprint density at radius 2 is 1.72 bits per heavy atom. The Hall–Kier alpha value is -3.73. The number of anilines is 1.